The molecule has 3 heteroatoms. The molecule has 0 saturated heterocycles. The lowest BCUT2D eigenvalue weighted by molar-refractivity contribution is 0.667. The van der Waals surface area contributed by atoms with Crippen LogP contribution in [-0.4, -0.2) is 11.5 Å². The molecule has 0 bridgehead atoms. The first-order chi connectivity index (χ1) is 8.70. The van der Waals surface area contributed by atoms with Gasteiger partial charge in [0.2, 0.25) is 0 Å². The second-order valence-electron chi connectivity index (χ2n) is 4.62. The van der Waals surface area contributed by atoms with E-state index in [0.29, 0.717) is 0 Å². The van der Waals surface area contributed by atoms with E-state index in [1.807, 2.05) is 0 Å². The highest BCUT2D eigenvalue weighted by Gasteiger charge is 2.05. The Kier molecular flexibility index (Phi) is 4.50. The van der Waals surface area contributed by atoms with Crippen molar-refractivity contribution in [2.24, 2.45) is 0 Å². The van der Waals surface area contributed by atoms with E-state index >= 15 is 0 Å². The first kappa shape index (κ1) is 13.2. The van der Waals surface area contributed by atoms with Crippen molar-refractivity contribution in [2.45, 2.75) is 33.7 Å². The molecule has 0 atom stereocenters. The quantitative estimate of drug-likeness (QED) is 0.824. The van der Waals surface area contributed by atoms with Crippen LogP contribution in [0.3, 0.4) is 0 Å². The molecule has 1 aromatic carbocycles. The van der Waals surface area contributed by atoms with Crippen LogP contribution in [0.15, 0.2) is 23.6 Å². The van der Waals surface area contributed by atoms with Crippen molar-refractivity contribution < 1.29 is 0 Å². The highest BCUT2D eigenvalue weighted by atomic mass is 32.1. The molecule has 0 aliphatic carbocycles. The van der Waals surface area contributed by atoms with E-state index in [4.69, 9.17) is 0 Å². The number of thiazole rings is 1. The van der Waals surface area contributed by atoms with Crippen molar-refractivity contribution >= 4 is 11.3 Å². The summed E-state index contributed by atoms with van der Waals surface area (Å²) in [5.41, 5.74) is 5.03. The number of benzene rings is 1. The molecule has 96 valence electrons. The zero-order valence-corrected chi connectivity index (χ0v) is 12.1. The van der Waals surface area contributed by atoms with Gasteiger partial charge < -0.3 is 5.32 Å². The first-order valence-corrected chi connectivity index (χ1v) is 7.31. The third kappa shape index (κ3) is 3.18. The largest absolute Gasteiger partial charge is 0.311 e. The van der Waals surface area contributed by atoms with Crippen molar-refractivity contribution in [3.05, 3.63) is 40.4 Å². The van der Waals surface area contributed by atoms with E-state index in [9.17, 15) is 0 Å². The molecule has 2 aromatic rings. The van der Waals surface area contributed by atoms with Crippen LogP contribution in [0, 0.1) is 13.8 Å². The summed E-state index contributed by atoms with van der Waals surface area (Å²) in [6.07, 6.45) is 1.16. The van der Waals surface area contributed by atoms with Gasteiger partial charge in [0.25, 0.3) is 0 Å². The fourth-order valence-electron chi connectivity index (χ4n) is 1.79. The number of nitrogens with one attached hydrogen (secondary N) is 1. The van der Waals surface area contributed by atoms with Gasteiger partial charge in [-0.05, 0) is 44.0 Å². The van der Waals surface area contributed by atoms with Crippen molar-refractivity contribution in [3.8, 4) is 10.6 Å². The highest BCUT2D eigenvalue weighted by molar-refractivity contribution is 7.13. The molecule has 1 aromatic heterocycles. The second kappa shape index (κ2) is 6.12. The Morgan fingerprint density at radius 1 is 1.22 bits per heavy atom. The summed E-state index contributed by atoms with van der Waals surface area (Å²) in [6.45, 7) is 8.39. The molecule has 1 heterocycles. The van der Waals surface area contributed by atoms with E-state index in [1.54, 1.807) is 11.3 Å². The zero-order valence-electron chi connectivity index (χ0n) is 11.3. The van der Waals surface area contributed by atoms with Crippen LogP contribution < -0.4 is 5.32 Å². The van der Waals surface area contributed by atoms with E-state index < -0.39 is 0 Å². The van der Waals surface area contributed by atoms with Gasteiger partial charge >= 0.3 is 0 Å². The smallest absolute Gasteiger partial charge is 0.123 e. The number of hydrogen-bond acceptors (Lipinski definition) is 3. The van der Waals surface area contributed by atoms with Crippen LogP contribution in [0.1, 0.15) is 30.2 Å². The summed E-state index contributed by atoms with van der Waals surface area (Å²) in [4.78, 5) is 4.68. The van der Waals surface area contributed by atoms with Crippen LogP contribution in [0.25, 0.3) is 10.6 Å². The topological polar surface area (TPSA) is 24.9 Å². The highest BCUT2D eigenvalue weighted by Crippen LogP contribution is 2.25. The number of hydrogen-bond donors (Lipinski definition) is 1. The van der Waals surface area contributed by atoms with Gasteiger partial charge in [-0.2, -0.15) is 0 Å². The maximum Gasteiger partial charge on any atom is 0.123 e. The lowest BCUT2D eigenvalue weighted by atomic mass is 10.1. The normalized spacial score (nSPS) is 10.8. The van der Waals surface area contributed by atoms with Crippen molar-refractivity contribution in [2.75, 3.05) is 6.54 Å². The third-order valence-corrected chi connectivity index (χ3v) is 3.98. The number of nitrogens with zero attached hydrogens (tertiary/aromatic N) is 1. The van der Waals surface area contributed by atoms with Gasteiger partial charge in [-0.15, -0.1) is 11.3 Å². The molecule has 1 N–H and O–H groups in total. The summed E-state index contributed by atoms with van der Waals surface area (Å²) < 4.78 is 0. The van der Waals surface area contributed by atoms with Crippen molar-refractivity contribution in [1.29, 1.82) is 0 Å². The van der Waals surface area contributed by atoms with Gasteiger partial charge in [0.15, 0.2) is 0 Å². The number of aryl methyl sites for hydroxylation is 2. The fraction of sp³-hybridized carbons (Fsp3) is 0.400. The van der Waals surface area contributed by atoms with Crippen molar-refractivity contribution in [1.82, 2.24) is 10.3 Å². The molecule has 2 rings (SSSR count). The van der Waals surface area contributed by atoms with Gasteiger partial charge in [0, 0.05) is 17.5 Å². The average molecular weight is 260 g/mol. The number of aromatic nitrogens is 1. The molecule has 0 aliphatic heterocycles. The summed E-state index contributed by atoms with van der Waals surface area (Å²) in [5, 5.41) is 6.64. The van der Waals surface area contributed by atoms with E-state index in [0.717, 1.165) is 30.2 Å². The minimum Gasteiger partial charge on any atom is -0.311 e. The molecule has 0 amide bonds. The SMILES string of the molecule is CCCNCc1csc(-c2ccc(C)c(C)c2)n1. The van der Waals surface area contributed by atoms with Gasteiger partial charge in [0.05, 0.1) is 5.69 Å². The predicted octanol–water partition coefficient (Wildman–Crippen LogP) is 3.93. The van der Waals surface area contributed by atoms with E-state index in [1.165, 1.54) is 16.7 Å². The molecule has 0 unspecified atom stereocenters. The molecule has 0 saturated carbocycles. The van der Waals surface area contributed by atoms with Crippen LogP contribution in [0.2, 0.25) is 0 Å². The van der Waals surface area contributed by atoms with Crippen LogP contribution in [-0.2, 0) is 6.54 Å². The van der Waals surface area contributed by atoms with Gasteiger partial charge in [-0.3, -0.25) is 0 Å². The van der Waals surface area contributed by atoms with Gasteiger partial charge in [0.1, 0.15) is 5.01 Å². The molecule has 18 heavy (non-hydrogen) atoms. The lowest BCUT2D eigenvalue weighted by Gasteiger charge is -2.02. The van der Waals surface area contributed by atoms with E-state index in [-0.39, 0.29) is 0 Å². The standard InChI is InChI=1S/C15H20N2S/c1-4-7-16-9-14-10-18-15(17-14)13-6-5-11(2)12(3)8-13/h5-6,8,10,16H,4,7,9H2,1-3H3. The summed E-state index contributed by atoms with van der Waals surface area (Å²) in [5.74, 6) is 0. The Balaban J connectivity index is 2.11. The van der Waals surface area contributed by atoms with Crippen LogP contribution in [0.4, 0.5) is 0 Å². The molecule has 0 spiro atoms. The Bertz CT molecular complexity index is 517. The second-order valence-corrected chi connectivity index (χ2v) is 5.48. The van der Waals surface area contributed by atoms with E-state index in [2.05, 4.69) is 54.7 Å². The Hall–Kier alpha value is -1.19. The maximum absolute atomic E-state index is 4.68. The summed E-state index contributed by atoms with van der Waals surface area (Å²) in [6, 6.07) is 6.54. The molecule has 0 radical (unpaired) electrons. The summed E-state index contributed by atoms with van der Waals surface area (Å²) >= 11 is 1.72. The third-order valence-electron chi connectivity index (χ3n) is 3.04. The minimum atomic E-state index is 0.870. The van der Waals surface area contributed by atoms with Crippen LogP contribution in [0.5, 0.6) is 0 Å². The molecular formula is C15H20N2S. The predicted molar refractivity (Wildman–Crippen MR) is 79.0 cm³/mol. The molecule has 0 fully saturated rings. The fourth-order valence-corrected chi connectivity index (χ4v) is 2.61. The Labute approximate surface area is 113 Å². The number of rotatable bonds is 5. The molecule has 2 nitrogen and oxygen atoms in total. The van der Waals surface area contributed by atoms with Gasteiger partial charge in [-0.25, -0.2) is 4.98 Å². The first-order valence-electron chi connectivity index (χ1n) is 6.43. The maximum atomic E-state index is 4.68. The average Bonchev–Trinajstić information content (AvgIpc) is 2.82. The Morgan fingerprint density at radius 2 is 2.06 bits per heavy atom. The molecular weight excluding hydrogens is 240 g/mol. The lowest BCUT2D eigenvalue weighted by Crippen LogP contribution is -2.13. The van der Waals surface area contributed by atoms with Crippen LogP contribution >= 0.6 is 11.3 Å². The monoisotopic (exact) mass is 260 g/mol. The summed E-state index contributed by atoms with van der Waals surface area (Å²) in [7, 11) is 0. The zero-order chi connectivity index (χ0) is 13.0. The van der Waals surface area contributed by atoms with Gasteiger partial charge in [-0.1, -0.05) is 19.1 Å². The molecule has 0 aliphatic rings. The van der Waals surface area contributed by atoms with Crippen molar-refractivity contribution in [3.63, 3.8) is 0 Å². The minimum absolute atomic E-state index is 0.870. The Morgan fingerprint density at radius 3 is 2.78 bits per heavy atom.